The molecule has 2 aliphatic heterocycles. The molecule has 0 radical (unpaired) electrons. The van der Waals surface area contributed by atoms with E-state index < -0.39 is 0 Å². The molecule has 0 unspecified atom stereocenters. The van der Waals surface area contributed by atoms with E-state index in [0.717, 1.165) is 31.7 Å². The zero-order valence-electron chi connectivity index (χ0n) is 15.4. The first-order valence-corrected chi connectivity index (χ1v) is 10.3. The number of hydrogen-bond acceptors (Lipinski definition) is 4. The van der Waals surface area contributed by atoms with Crippen molar-refractivity contribution in [2.45, 2.75) is 6.42 Å². The summed E-state index contributed by atoms with van der Waals surface area (Å²) in [6, 6.07) is 9.91. The number of nitrogens with zero attached hydrogens (tertiary/aromatic N) is 2. The minimum atomic E-state index is -0.113. The van der Waals surface area contributed by atoms with Gasteiger partial charge in [0.2, 0.25) is 5.91 Å². The highest BCUT2D eigenvalue weighted by Gasteiger charge is 2.32. The fourth-order valence-electron chi connectivity index (χ4n) is 3.02. The van der Waals surface area contributed by atoms with Gasteiger partial charge in [-0.3, -0.25) is 14.5 Å². The number of thiocarbonyl (C=S) groups is 1. The molecule has 3 rings (SSSR count). The van der Waals surface area contributed by atoms with Gasteiger partial charge < -0.3 is 9.80 Å². The monoisotopic (exact) mass is 402 g/mol. The maximum atomic E-state index is 12.6. The van der Waals surface area contributed by atoms with E-state index >= 15 is 0 Å². The largest absolute Gasteiger partial charge is 0.334 e. The van der Waals surface area contributed by atoms with Gasteiger partial charge in [-0.15, -0.1) is 0 Å². The third kappa shape index (κ3) is 5.28. The highest BCUT2D eigenvalue weighted by molar-refractivity contribution is 8.26. The molecule has 5 nitrogen and oxygen atoms in total. The number of amides is 2. The lowest BCUT2D eigenvalue weighted by atomic mass is 10.2. The highest BCUT2D eigenvalue weighted by Crippen LogP contribution is 2.31. The molecule has 27 heavy (non-hydrogen) atoms. The average molecular weight is 403 g/mol. The lowest BCUT2D eigenvalue weighted by Crippen LogP contribution is -3.12. The molecule has 2 saturated heterocycles. The molecule has 2 aliphatic rings. The fraction of sp³-hybridized carbons (Fsp3) is 0.350. The van der Waals surface area contributed by atoms with Crippen LogP contribution in [0.2, 0.25) is 0 Å². The van der Waals surface area contributed by atoms with Gasteiger partial charge in [0, 0.05) is 13.0 Å². The van der Waals surface area contributed by atoms with Gasteiger partial charge in [0.1, 0.15) is 4.32 Å². The lowest BCUT2D eigenvalue weighted by molar-refractivity contribution is -0.883. The normalized spacial score (nSPS) is 20.3. The molecule has 2 heterocycles. The topological polar surface area (TPSA) is 45.1 Å². The third-order valence-corrected chi connectivity index (χ3v) is 6.12. The smallest absolute Gasteiger partial charge is 0.266 e. The van der Waals surface area contributed by atoms with Crippen molar-refractivity contribution in [3.8, 4) is 0 Å². The average Bonchev–Trinajstić information content (AvgIpc) is 2.94. The first kappa shape index (κ1) is 19.8. The second-order valence-electron chi connectivity index (χ2n) is 6.71. The van der Waals surface area contributed by atoms with Crippen molar-refractivity contribution in [3.63, 3.8) is 0 Å². The summed E-state index contributed by atoms with van der Waals surface area (Å²) >= 11 is 6.63. The van der Waals surface area contributed by atoms with Crippen LogP contribution in [0.1, 0.15) is 12.0 Å². The second kappa shape index (κ2) is 9.30. The van der Waals surface area contributed by atoms with Gasteiger partial charge in [-0.25, -0.2) is 0 Å². The number of benzene rings is 1. The molecule has 1 aromatic carbocycles. The first-order chi connectivity index (χ1) is 13.0. The van der Waals surface area contributed by atoms with Crippen LogP contribution in [0.25, 0.3) is 6.08 Å². The van der Waals surface area contributed by atoms with E-state index in [1.807, 2.05) is 47.4 Å². The number of carbonyl (C=O) groups is 2. The zero-order chi connectivity index (χ0) is 19.2. The highest BCUT2D eigenvalue weighted by atomic mass is 32.2. The Hall–Kier alpha value is -1.96. The molecule has 0 spiro atoms. The van der Waals surface area contributed by atoms with Crippen LogP contribution in [-0.4, -0.2) is 65.7 Å². The molecule has 142 valence electrons. The van der Waals surface area contributed by atoms with Crippen molar-refractivity contribution >= 4 is 46.2 Å². The van der Waals surface area contributed by atoms with Crippen LogP contribution < -0.4 is 4.90 Å². The van der Waals surface area contributed by atoms with Gasteiger partial charge in [0.05, 0.1) is 38.1 Å². The SMILES string of the molecule is C[NH+]1CCN(C(=O)CCN2C(=O)/C(=C/C=C/c3ccccc3)SC2=S)CC1. The molecule has 0 atom stereocenters. The molecule has 1 aromatic rings. The molecule has 0 bridgehead atoms. The van der Waals surface area contributed by atoms with E-state index in [1.54, 1.807) is 11.0 Å². The fourth-order valence-corrected chi connectivity index (χ4v) is 4.28. The number of quaternary nitrogens is 1. The lowest BCUT2D eigenvalue weighted by Gasteiger charge is -2.30. The molecule has 2 amide bonds. The standard InChI is InChI=1S/C20H23N3O2S2/c1-21-12-14-22(15-13-21)18(24)10-11-23-19(25)17(27-20(23)26)9-5-8-16-6-3-2-4-7-16/h2-9H,10-15H2,1H3/p+1/b8-5+,17-9-. The van der Waals surface area contributed by atoms with Gasteiger partial charge in [0.25, 0.3) is 5.91 Å². The minimum Gasteiger partial charge on any atom is -0.334 e. The van der Waals surface area contributed by atoms with Crippen LogP contribution in [0.15, 0.2) is 47.4 Å². The summed E-state index contributed by atoms with van der Waals surface area (Å²) in [5.41, 5.74) is 1.07. The van der Waals surface area contributed by atoms with Crippen LogP contribution in [0.5, 0.6) is 0 Å². The molecule has 0 saturated carbocycles. The number of allylic oxidation sites excluding steroid dienone is 2. The Morgan fingerprint density at radius 1 is 1.26 bits per heavy atom. The summed E-state index contributed by atoms with van der Waals surface area (Å²) in [4.78, 5) is 30.4. The molecule has 2 fully saturated rings. The second-order valence-corrected chi connectivity index (χ2v) is 8.39. The maximum absolute atomic E-state index is 12.6. The Labute approximate surface area is 169 Å². The number of piperazine rings is 1. The molecule has 7 heteroatoms. The summed E-state index contributed by atoms with van der Waals surface area (Å²) in [6.45, 7) is 3.87. The Balaban J connectivity index is 1.54. The van der Waals surface area contributed by atoms with Crippen molar-refractivity contribution in [3.05, 3.63) is 53.0 Å². The molecule has 0 aliphatic carbocycles. The van der Waals surface area contributed by atoms with E-state index in [4.69, 9.17) is 12.2 Å². The van der Waals surface area contributed by atoms with Gasteiger partial charge >= 0.3 is 0 Å². The van der Waals surface area contributed by atoms with Crippen LogP contribution in [0.3, 0.4) is 0 Å². The maximum Gasteiger partial charge on any atom is 0.266 e. The Morgan fingerprint density at radius 3 is 2.67 bits per heavy atom. The van der Waals surface area contributed by atoms with Crippen molar-refractivity contribution in [2.75, 3.05) is 39.8 Å². The Morgan fingerprint density at radius 2 is 1.96 bits per heavy atom. The van der Waals surface area contributed by atoms with Crippen LogP contribution in [-0.2, 0) is 9.59 Å². The van der Waals surface area contributed by atoms with Gasteiger partial charge in [-0.2, -0.15) is 0 Å². The number of likely N-dealkylation sites (N-methyl/N-ethyl adjacent to an activating group) is 1. The van der Waals surface area contributed by atoms with E-state index in [2.05, 4.69) is 7.05 Å². The van der Waals surface area contributed by atoms with E-state index in [0.29, 0.717) is 22.2 Å². The van der Waals surface area contributed by atoms with Crippen molar-refractivity contribution in [1.82, 2.24) is 9.80 Å². The Kier molecular flexibility index (Phi) is 6.82. The van der Waals surface area contributed by atoms with Gasteiger partial charge in [-0.1, -0.05) is 66.5 Å². The van der Waals surface area contributed by atoms with E-state index in [9.17, 15) is 9.59 Å². The van der Waals surface area contributed by atoms with Crippen LogP contribution in [0.4, 0.5) is 0 Å². The van der Waals surface area contributed by atoms with Crippen LogP contribution in [0, 0.1) is 0 Å². The molecular formula is C20H24N3O2S2+. The summed E-state index contributed by atoms with van der Waals surface area (Å²) in [7, 11) is 2.14. The summed E-state index contributed by atoms with van der Waals surface area (Å²) in [5, 5.41) is 0. The summed E-state index contributed by atoms with van der Waals surface area (Å²) < 4.78 is 0.523. The predicted octanol–water partition coefficient (Wildman–Crippen LogP) is 1.19. The number of hydrogen-bond donors (Lipinski definition) is 1. The van der Waals surface area contributed by atoms with Gasteiger partial charge in [0.15, 0.2) is 0 Å². The van der Waals surface area contributed by atoms with Crippen molar-refractivity contribution in [2.24, 2.45) is 0 Å². The van der Waals surface area contributed by atoms with Crippen molar-refractivity contribution in [1.29, 1.82) is 0 Å². The quantitative estimate of drug-likeness (QED) is 0.594. The van der Waals surface area contributed by atoms with E-state index in [-0.39, 0.29) is 11.8 Å². The molecular weight excluding hydrogens is 378 g/mol. The number of nitrogens with one attached hydrogen (secondary N) is 1. The zero-order valence-corrected chi connectivity index (χ0v) is 17.0. The predicted molar refractivity (Wildman–Crippen MR) is 113 cm³/mol. The number of rotatable bonds is 5. The number of thioether (sulfide) groups is 1. The third-order valence-electron chi connectivity index (χ3n) is 4.73. The first-order valence-electron chi connectivity index (χ1n) is 9.11. The molecule has 0 aromatic heterocycles. The minimum absolute atomic E-state index is 0.101. The van der Waals surface area contributed by atoms with E-state index in [1.165, 1.54) is 16.7 Å². The van der Waals surface area contributed by atoms with Gasteiger partial charge in [-0.05, 0) is 11.6 Å². The number of carbonyl (C=O) groups excluding carboxylic acids is 2. The molecule has 1 N–H and O–H groups in total. The summed E-state index contributed by atoms with van der Waals surface area (Å²) in [5.74, 6) is -0.0113. The Bertz CT molecular complexity index is 769. The van der Waals surface area contributed by atoms with Crippen LogP contribution >= 0.6 is 24.0 Å². The summed E-state index contributed by atoms with van der Waals surface area (Å²) in [6.07, 6.45) is 5.92. The van der Waals surface area contributed by atoms with Crippen molar-refractivity contribution < 1.29 is 14.5 Å².